The molecule has 0 aromatic carbocycles. The summed E-state index contributed by atoms with van der Waals surface area (Å²) < 4.78 is 0. The standard InChI is InChI=1S/Al.2ClH.Cu.3H/h;2*1H;;;;. The maximum atomic E-state index is 0. The predicted molar refractivity (Wildman–Crippen MR) is 24.4 cm³/mol. The van der Waals surface area contributed by atoms with Gasteiger partial charge in [0.15, 0.2) is 17.4 Å². The maximum absolute atomic E-state index is 0. The van der Waals surface area contributed by atoms with Gasteiger partial charge in [0.1, 0.15) is 0 Å². The van der Waals surface area contributed by atoms with E-state index >= 15 is 0 Å². The molecule has 0 aliphatic rings. The van der Waals surface area contributed by atoms with Crippen LogP contribution < -0.4 is 0 Å². The van der Waals surface area contributed by atoms with Gasteiger partial charge in [-0.15, -0.1) is 24.8 Å². The Balaban J connectivity index is 0. The largest absolute Gasteiger partial charge is 0.187 e. The smallest absolute Gasteiger partial charge is 0.147 e. The number of halogens is 2. The van der Waals surface area contributed by atoms with Crippen LogP contribution in [0.4, 0.5) is 0 Å². The van der Waals surface area contributed by atoms with Gasteiger partial charge in [0.25, 0.3) is 0 Å². The van der Waals surface area contributed by atoms with Crippen LogP contribution in [-0.2, 0) is 17.1 Å². The maximum Gasteiger partial charge on any atom is 0.187 e. The third kappa shape index (κ3) is 9.45. The second-order valence-electron chi connectivity index (χ2n) is 0. The van der Waals surface area contributed by atoms with E-state index in [-0.39, 0.29) is 59.2 Å². The van der Waals surface area contributed by atoms with Gasteiger partial charge in [0.05, 0.1) is 0 Å². The second kappa shape index (κ2) is 22.9. The molecule has 0 fully saturated rings. The molecule has 0 spiro atoms. The van der Waals surface area contributed by atoms with Crippen LogP contribution >= 0.6 is 24.8 Å². The molecule has 4 heteroatoms. The summed E-state index contributed by atoms with van der Waals surface area (Å²) in [6.45, 7) is 0. The van der Waals surface area contributed by atoms with Gasteiger partial charge in [-0.1, -0.05) is 0 Å². The van der Waals surface area contributed by atoms with Crippen molar-refractivity contribution in [3.05, 3.63) is 0 Å². The zero-order chi connectivity index (χ0) is 0. The number of hydrogen-bond donors (Lipinski definition) is 0. The Kier molecular flexibility index (Phi) is 260. The van der Waals surface area contributed by atoms with Crippen LogP contribution in [-0.4, -0.2) is 17.4 Å². The fourth-order valence-electron chi connectivity index (χ4n) is 0. The molecular weight excluding hydrogens is 161 g/mol. The second-order valence-corrected chi connectivity index (χ2v) is 0. The Labute approximate surface area is 59.1 Å². The molecule has 0 saturated carbocycles. The Hall–Kier alpha value is 1.63. The van der Waals surface area contributed by atoms with E-state index in [1.54, 1.807) is 0 Å². The molecule has 0 aliphatic heterocycles. The molecule has 0 aromatic heterocycles. The zero-order valence-electron chi connectivity index (χ0n) is 1.12. The molecule has 0 aliphatic carbocycles. The Bertz CT molecular complexity index is 6.00. The normalized spacial score (nSPS) is 0. The molecule has 0 saturated heterocycles. The Morgan fingerprint density at radius 1 is 0.750 bits per heavy atom. The monoisotopic (exact) mass is 165 g/mol. The average molecular weight is 166 g/mol. The fourth-order valence-corrected chi connectivity index (χ4v) is 0. The predicted octanol–water partition coefficient (Wildman–Crippen LogP) is -0.343. The Morgan fingerprint density at radius 3 is 0.750 bits per heavy atom. The molecule has 0 unspecified atom stereocenters. The van der Waals surface area contributed by atoms with Crippen LogP contribution in [0, 0.1) is 0 Å². The van der Waals surface area contributed by atoms with Crippen molar-refractivity contribution < 1.29 is 17.1 Å². The van der Waals surface area contributed by atoms with Gasteiger partial charge in [0, 0.05) is 17.1 Å². The van der Waals surface area contributed by atoms with E-state index < -0.39 is 0 Å². The van der Waals surface area contributed by atoms with Gasteiger partial charge in [-0.05, 0) is 0 Å². The summed E-state index contributed by atoms with van der Waals surface area (Å²) in [6.07, 6.45) is 0. The van der Waals surface area contributed by atoms with E-state index in [0.29, 0.717) is 0 Å². The fraction of sp³-hybridized carbons (Fsp3) is 0. The summed E-state index contributed by atoms with van der Waals surface area (Å²) in [5.41, 5.74) is 0. The van der Waals surface area contributed by atoms with Gasteiger partial charge in [-0.25, -0.2) is 0 Å². The van der Waals surface area contributed by atoms with Crippen LogP contribution in [0.1, 0.15) is 0 Å². The van der Waals surface area contributed by atoms with Crippen molar-refractivity contribution in [3.63, 3.8) is 0 Å². The summed E-state index contributed by atoms with van der Waals surface area (Å²) in [4.78, 5) is 0. The summed E-state index contributed by atoms with van der Waals surface area (Å²) in [6, 6.07) is 0. The van der Waals surface area contributed by atoms with Gasteiger partial charge >= 0.3 is 0 Å². The molecule has 0 bridgehead atoms. The van der Waals surface area contributed by atoms with E-state index in [0.717, 1.165) is 0 Å². The van der Waals surface area contributed by atoms with Gasteiger partial charge in [-0.3, -0.25) is 0 Å². The minimum Gasteiger partial charge on any atom is -0.147 e. The topological polar surface area (TPSA) is 0 Å². The molecular formula is H5AlCl2Cu. The SMILES string of the molecule is Cl.Cl.[AlH3].[Cu]. The molecule has 0 nitrogen and oxygen atoms in total. The first-order chi connectivity index (χ1) is 0. The van der Waals surface area contributed by atoms with Crippen molar-refractivity contribution in [2.75, 3.05) is 0 Å². The molecule has 4 heavy (non-hydrogen) atoms. The molecule has 0 rings (SSSR count). The first-order valence-corrected chi connectivity index (χ1v) is 0. The molecule has 0 heterocycles. The molecule has 0 N–H and O–H groups in total. The minimum absolute atomic E-state index is 0. The molecule has 1 radical (unpaired) electrons. The summed E-state index contributed by atoms with van der Waals surface area (Å²) >= 11 is 0. The first kappa shape index (κ1) is 45.4. The molecule has 0 amide bonds. The number of rotatable bonds is 0. The summed E-state index contributed by atoms with van der Waals surface area (Å²) in [5, 5.41) is 0. The van der Waals surface area contributed by atoms with Crippen LogP contribution in [0.2, 0.25) is 0 Å². The molecule has 0 aromatic rings. The van der Waals surface area contributed by atoms with E-state index in [4.69, 9.17) is 0 Å². The van der Waals surface area contributed by atoms with Crippen molar-refractivity contribution in [1.82, 2.24) is 0 Å². The van der Waals surface area contributed by atoms with E-state index in [2.05, 4.69) is 0 Å². The van der Waals surface area contributed by atoms with Gasteiger partial charge in [0.2, 0.25) is 0 Å². The van der Waals surface area contributed by atoms with Crippen LogP contribution in [0.15, 0.2) is 0 Å². The van der Waals surface area contributed by atoms with E-state index in [9.17, 15) is 0 Å². The van der Waals surface area contributed by atoms with Crippen LogP contribution in [0.5, 0.6) is 0 Å². The Morgan fingerprint density at radius 2 is 0.750 bits per heavy atom. The molecule has 33 valence electrons. The van der Waals surface area contributed by atoms with Crippen molar-refractivity contribution in [2.45, 2.75) is 0 Å². The van der Waals surface area contributed by atoms with Crippen molar-refractivity contribution in [3.8, 4) is 0 Å². The van der Waals surface area contributed by atoms with E-state index in [1.165, 1.54) is 0 Å². The third-order valence-electron chi connectivity index (χ3n) is 0. The van der Waals surface area contributed by atoms with Crippen LogP contribution in [0.25, 0.3) is 0 Å². The van der Waals surface area contributed by atoms with Crippen molar-refractivity contribution in [1.29, 1.82) is 0 Å². The summed E-state index contributed by atoms with van der Waals surface area (Å²) in [7, 11) is 0. The first-order valence-electron chi connectivity index (χ1n) is 0. The van der Waals surface area contributed by atoms with Crippen molar-refractivity contribution in [2.24, 2.45) is 0 Å². The van der Waals surface area contributed by atoms with Crippen molar-refractivity contribution >= 4 is 42.2 Å². The van der Waals surface area contributed by atoms with Gasteiger partial charge in [-0.2, -0.15) is 0 Å². The zero-order valence-corrected chi connectivity index (χ0v) is 3.69. The van der Waals surface area contributed by atoms with E-state index in [1.807, 2.05) is 0 Å². The van der Waals surface area contributed by atoms with Crippen LogP contribution in [0.3, 0.4) is 0 Å². The third-order valence-corrected chi connectivity index (χ3v) is 0. The average Bonchev–Trinajstić information content (AvgIpc) is 0. The quantitative estimate of drug-likeness (QED) is 0.432. The number of hydrogen-bond acceptors (Lipinski definition) is 0. The summed E-state index contributed by atoms with van der Waals surface area (Å²) in [5.74, 6) is 0. The van der Waals surface area contributed by atoms with Gasteiger partial charge < -0.3 is 0 Å². The molecule has 0 atom stereocenters. The minimum atomic E-state index is 0.